The maximum Gasteiger partial charge on any atom is 0.331 e. The molecule has 0 radical (unpaired) electrons. The molecule has 4 atom stereocenters. The zero-order chi connectivity index (χ0) is 20.3. The first-order valence-corrected chi connectivity index (χ1v) is 10.5. The van der Waals surface area contributed by atoms with Gasteiger partial charge in [-0.1, -0.05) is 45.1 Å². The molecule has 2 saturated carbocycles. The van der Waals surface area contributed by atoms with Crippen molar-refractivity contribution >= 4 is 12.0 Å². The Kier molecular flexibility index (Phi) is 6.32. The molecule has 28 heavy (non-hydrogen) atoms. The Morgan fingerprint density at radius 2 is 1.96 bits per heavy atom. The first-order chi connectivity index (χ1) is 13.3. The van der Waals surface area contributed by atoms with Gasteiger partial charge in [-0.3, -0.25) is 0 Å². The molecule has 0 saturated heterocycles. The molecule has 3 rings (SSSR count). The number of benzene rings is 1. The SMILES string of the molecule is C=C1CCCC2(C)CCC(C(C)C)C(OC(=O)C=Cc3ccc(OC)cc3)C12. The summed E-state index contributed by atoms with van der Waals surface area (Å²) in [5.41, 5.74) is 2.44. The Morgan fingerprint density at radius 1 is 1.25 bits per heavy atom. The highest BCUT2D eigenvalue weighted by molar-refractivity contribution is 5.87. The number of fused-ring (bicyclic) bond motifs is 1. The lowest BCUT2D eigenvalue weighted by Gasteiger charge is -2.53. The monoisotopic (exact) mass is 382 g/mol. The molecule has 1 aromatic carbocycles. The van der Waals surface area contributed by atoms with Gasteiger partial charge in [-0.25, -0.2) is 4.79 Å². The van der Waals surface area contributed by atoms with Crippen LogP contribution in [-0.2, 0) is 9.53 Å². The maximum atomic E-state index is 12.7. The fourth-order valence-corrected chi connectivity index (χ4v) is 5.26. The number of carbonyl (C=O) groups excluding carboxylic acids is 1. The average molecular weight is 383 g/mol. The lowest BCUT2D eigenvalue weighted by Crippen LogP contribution is -2.50. The second-order valence-electron chi connectivity index (χ2n) is 9.10. The lowest BCUT2D eigenvalue weighted by atomic mass is 9.54. The van der Waals surface area contributed by atoms with E-state index in [4.69, 9.17) is 9.47 Å². The van der Waals surface area contributed by atoms with Crippen LogP contribution in [0.15, 0.2) is 42.5 Å². The second kappa shape index (κ2) is 8.55. The lowest BCUT2D eigenvalue weighted by molar-refractivity contribution is -0.159. The molecular formula is C25H34O3. The highest BCUT2D eigenvalue weighted by Crippen LogP contribution is 2.55. The first-order valence-electron chi connectivity index (χ1n) is 10.5. The van der Waals surface area contributed by atoms with E-state index in [0.717, 1.165) is 24.2 Å². The van der Waals surface area contributed by atoms with E-state index in [1.165, 1.54) is 24.8 Å². The second-order valence-corrected chi connectivity index (χ2v) is 9.10. The predicted molar refractivity (Wildman–Crippen MR) is 114 cm³/mol. The van der Waals surface area contributed by atoms with E-state index >= 15 is 0 Å². The first kappa shape index (κ1) is 20.7. The van der Waals surface area contributed by atoms with Crippen LogP contribution in [0.3, 0.4) is 0 Å². The normalized spacial score (nSPS) is 30.3. The van der Waals surface area contributed by atoms with Crippen molar-refractivity contribution in [2.75, 3.05) is 7.11 Å². The van der Waals surface area contributed by atoms with Gasteiger partial charge in [-0.05, 0) is 73.1 Å². The van der Waals surface area contributed by atoms with Gasteiger partial charge in [-0.2, -0.15) is 0 Å². The number of esters is 1. The van der Waals surface area contributed by atoms with Crippen molar-refractivity contribution in [1.29, 1.82) is 0 Å². The van der Waals surface area contributed by atoms with Gasteiger partial charge in [0, 0.05) is 12.0 Å². The number of carbonyl (C=O) groups is 1. The summed E-state index contributed by atoms with van der Waals surface area (Å²) in [6, 6.07) is 7.64. The molecule has 4 unspecified atom stereocenters. The Labute approximate surface area is 169 Å². The third kappa shape index (κ3) is 4.34. The number of hydrogen-bond donors (Lipinski definition) is 0. The van der Waals surface area contributed by atoms with Gasteiger partial charge in [-0.15, -0.1) is 0 Å². The zero-order valence-electron chi connectivity index (χ0n) is 17.7. The minimum absolute atomic E-state index is 0.0698. The summed E-state index contributed by atoms with van der Waals surface area (Å²) in [5.74, 6) is 1.71. The molecule has 0 heterocycles. The van der Waals surface area contributed by atoms with Crippen LogP contribution in [0.1, 0.15) is 58.4 Å². The zero-order valence-corrected chi connectivity index (χ0v) is 17.7. The largest absolute Gasteiger partial charge is 0.497 e. The molecule has 0 aromatic heterocycles. The maximum absolute atomic E-state index is 12.7. The molecule has 2 aliphatic rings. The van der Waals surface area contributed by atoms with E-state index in [9.17, 15) is 4.79 Å². The summed E-state index contributed by atoms with van der Waals surface area (Å²) in [6.07, 6.45) is 9.09. The van der Waals surface area contributed by atoms with Crippen molar-refractivity contribution in [1.82, 2.24) is 0 Å². The average Bonchev–Trinajstić information content (AvgIpc) is 2.66. The molecule has 3 nitrogen and oxygen atoms in total. The van der Waals surface area contributed by atoms with Crippen molar-refractivity contribution in [2.24, 2.45) is 23.2 Å². The van der Waals surface area contributed by atoms with Crippen LogP contribution in [-0.4, -0.2) is 19.2 Å². The third-order valence-corrected chi connectivity index (χ3v) is 6.87. The van der Waals surface area contributed by atoms with Gasteiger partial charge in [0.05, 0.1) is 7.11 Å². The molecule has 2 fully saturated rings. The van der Waals surface area contributed by atoms with Crippen molar-refractivity contribution in [2.45, 2.75) is 59.0 Å². The van der Waals surface area contributed by atoms with E-state index < -0.39 is 0 Å². The van der Waals surface area contributed by atoms with Crippen LogP contribution >= 0.6 is 0 Å². The fraction of sp³-hybridized carbons (Fsp3) is 0.560. The Bertz CT molecular complexity index is 731. The fourth-order valence-electron chi connectivity index (χ4n) is 5.26. The molecule has 2 aliphatic carbocycles. The van der Waals surface area contributed by atoms with E-state index in [-0.39, 0.29) is 23.4 Å². The summed E-state index contributed by atoms with van der Waals surface area (Å²) >= 11 is 0. The molecule has 0 aliphatic heterocycles. The number of rotatable bonds is 5. The van der Waals surface area contributed by atoms with Gasteiger partial charge >= 0.3 is 5.97 Å². The summed E-state index contributed by atoms with van der Waals surface area (Å²) in [5, 5.41) is 0. The summed E-state index contributed by atoms with van der Waals surface area (Å²) in [7, 11) is 1.64. The molecule has 3 heteroatoms. The van der Waals surface area contributed by atoms with Crippen molar-refractivity contribution in [3.8, 4) is 5.75 Å². The molecule has 0 N–H and O–H groups in total. The predicted octanol–water partition coefficient (Wildman–Crippen LogP) is 6.05. The van der Waals surface area contributed by atoms with E-state index in [1.807, 2.05) is 30.3 Å². The quantitative estimate of drug-likeness (QED) is 0.353. The summed E-state index contributed by atoms with van der Waals surface area (Å²) in [6.45, 7) is 11.2. The van der Waals surface area contributed by atoms with Crippen LogP contribution < -0.4 is 4.74 Å². The molecule has 0 amide bonds. The molecule has 1 aromatic rings. The van der Waals surface area contributed by atoms with Gasteiger partial charge in [0.1, 0.15) is 11.9 Å². The molecule has 0 spiro atoms. The highest BCUT2D eigenvalue weighted by atomic mass is 16.5. The minimum atomic E-state index is -0.255. The van der Waals surface area contributed by atoms with Crippen molar-refractivity contribution in [3.05, 3.63) is 48.1 Å². The molecular weight excluding hydrogens is 348 g/mol. The smallest absolute Gasteiger partial charge is 0.331 e. The van der Waals surface area contributed by atoms with Crippen molar-refractivity contribution < 1.29 is 14.3 Å². The van der Waals surface area contributed by atoms with Crippen LogP contribution in [0.25, 0.3) is 6.08 Å². The number of hydrogen-bond acceptors (Lipinski definition) is 3. The Hall–Kier alpha value is -2.03. The van der Waals surface area contributed by atoms with Crippen molar-refractivity contribution in [3.63, 3.8) is 0 Å². The number of methoxy groups -OCH3 is 1. The van der Waals surface area contributed by atoms with Crippen LogP contribution in [0.2, 0.25) is 0 Å². The topological polar surface area (TPSA) is 35.5 Å². The van der Waals surface area contributed by atoms with Gasteiger partial charge in [0.25, 0.3) is 0 Å². The highest BCUT2D eigenvalue weighted by Gasteiger charge is 2.51. The van der Waals surface area contributed by atoms with E-state index in [2.05, 4.69) is 27.4 Å². The summed E-state index contributed by atoms with van der Waals surface area (Å²) < 4.78 is 11.3. The van der Waals surface area contributed by atoms with E-state index in [1.54, 1.807) is 13.2 Å². The Balaban J connectivity index is 1.76. The minimum Gasteiger partial charge on any atom is -0.497 e. The van der Waals surface area contributed by atoms with E-state index in [0.29, 0.717) is 11.8 Å². The van der Waals surface area contributed by atoms with Crippen LogP contribution in [0.4, 0.5) is 0 Å². The standard InChI is InChI=1S/C25H34O3/c1-17(2)21-14-16-25(4)15-6-7-18(3)23(25)24(21)28-22(26)13-10-19-8-11-20(27-5)12-9-19/h8-13,17,21,23-24H,3,6-7,14-16H2,1-2,4-5H3. The summed E-state index contributed by atoms with van der Waals surface area (Å²) in [4.78, 5) is 12.7. The van der Waals surface area contributed by atoms with Gasteiger partial charge in [0.15, 0.2) is 0 Å². The van der Waals surface area contributed by atoms with Crippen LogP contribution in [0.5, 0.6) is 5.75 Å². The molecule has 0 bridgehead atoms. The molecule has 152 valence electrons. The van der Waals surface area contributed by atoms with Crippen LogP contribution in [0, 0.1) is 23.2 Å². The third-order valence-electron chi connectivity index (χ3n) is 6.87. The Morgan fingerprint density at radius 3 is 2.61 bits per heavy atom. The van der Waals surface area contributed by atoms with Gasteiger partial charge in [0.2, 0.25) is 0 Å². The van der Waals surface area contributed by atoms with Gasteiger partial charge < -0.3 is 9.47 Å². The number of ether oxygens (including phenoxy) is 2.